The summed E-state index contributed by atoms with van der Waals surface area (Å²) >= 11 is 5.96. The molecule has 23 heavy (non-hydrogen) atoms. The van der Waals surface area contributed by atoms with Gasteiger partial charge >= 0.3 is 0 Å². The van der Waals surface area contributed by atoms with E-state index in [-0.39, 0.29) is 21.2 Å². The summed E-state index contributed by atoms with van der Waals surface area (Å²) in [5.74, 6) is -0.0209. The third kappa shape index (κ3) is 3.75. The van der Waals surface area contributed by atoms with Gasteiger partial charge in [-0.1, -0.05) is 23.7 Å². The highest BCUT2D eigenvalue weighted by atomic mass is 35.5. The van der Waals surface area contributed by atoms with Crippen molar-refractivity contribution in [2.24, 2.45) is 0 Å². The zero-order chi connectivity index (χ0) is 17.0. The molecule has 2 rings (SSSR count). The first-order chi connectivity index (χ1) is 10.9. The van der Waals surface area contributed by atoms with Crippen LogP contribution in [0.5, 0.6) is 5.75 Å². The Hall–Kier alpha value is -2.25. The van der Waals surface area contributed by atoms with Gasteiger partial charge in [-0.15, -0.1) is 0 Å². The van der Waals surface area contributed by atoms with Crippen molar-refractivity contribution in [3.8, 4) is 5.75 Å². The third-order valence-electron chi connectivity index (χ3n) is 3.08. The Balaban J connectivity index is 2.39. The Morgan fingerprint density at radius 2 is 1.87 bits per heavy atom. The van der Waals surface area contributed by atoms with Crippen LogP contribution in [0.25, 0.3) is 0 Å². The van der Waals surface area contributed by atoms with Crippen LogP contribution in [0.1, 0.15) is 10.4 Å². The topological polar surface area (TPSA) is 84.5 Å². The number of carbonyl (C=O) groups is 1. The minimum atomic E-state index is -3.90. The number of amides is 1. The molecule has 0 unspecified atom stereocenters. The van der Waals surface area contributed by atoms with Gasteiger partial charge in [0.25, 0.3) is 15.9 Å². The van der Waals surface area contributed by atoms with Gasteiger partial charge in [0.2, 0.25) is 0 Å². The maximum Gasteiger partial charge on any atom is 0.261 e. The molecular weight excluding hydrogens is 340 g/mol. The second kappa shape index (κ2) is 6.89. The summed E-state index contributed by atoms with van der Waals surface area (Å²) in [6.07, 6.45) is 0. The lowest BCUT2D eigenvalue weighted by Crippen LogP contribution is -2.21. The number of ether oxygens (including phenoxy) is 1. The van der Waals surface area contributed by atoms with E-state index in [1.54, 1.807) is 12.1 Å². The molecule has 0 bridgehead atoms. The van der Waals surface area contributed by atoms with E-state index in [1.807, 2.05) is 0 Å². The summed E-state index contributed by atoms with van der Waals surface area (Å²) in [5.41, 5.74) is 0.400. The van der Waals surface area contributed by atoms with Gasteiger partial charge in [0.15, 0.2) is 0 Å². The molecule has 2 aromatic rings. The highest BCUT2D eigenvalue weighted by Crippen LogP contribution is 2.28. The van der Waals surface area contributed by atoms with Crippen molar-refractivity contribution in [2.45, 2.75) is 4.90 Å². The molecule has 2 aromatic carbocycles. The second-order valence-corrected chi connectivity index (χ2v) is 6.62. The largest absolute Gasteiger partial charge is 0.495 e. The van der Waals surface area contributed by atoms with Crippen LogP contribution in [0.2, 0.25) is 5.02 Å². The summed E-state index contributed by atoms with van der Waals surface area (Å²) in [6.45, 7) is 0. The lowest BCUT2D eigenvalue weighted by atomic mass is 10.2. The number of para-hydroxylation sites is 1. The molecule has 0 aliphatic rings. The molecule has 1 amide bonds. The van der Waals surface area contributed by atoms with Crippen LogP contribution in [0.3, 0.4) is 0 Å². The number of hydrogen-bond acceptors (Lipinski definition) is 4. The molecule has 0 fully saturated rings. The molecule has 0 atom stereocenters. The summed E-state index contributed by atoms with van der Waals surface area (Å²) in [5, 5.41) is 2.64. The summed E-state index contributed by atoms with van der Waals surface area (Å²) in [6, 6.07) is 10.4. The number of nitrogens with one attached hydrogen (secondary N) is 2. The number of halogens is 1. The zero-order valence-electron chi connectivity index (χ0n) is 12.5. The molecular formula is C15H15ClN2O4S. The van der Waals surface area contributed by atoms with E-state index in [9.17, 15) is 13.2 Å². The minimum Gasteiger partial charge on any atom is -0.495 e. The number of sulfonamides is 1. The summed E-state index contributed by atoms with van der Waals surface area (Å²) in [4.78, 5) is 11.8. The normalized spacial score (nSPS) is 10.9. The molecule has 0 heterocycles. The fourth-order valence-electron chi connectivity index (χ4n) is 1.92. The van der Waals surface area contributed by atoms with Crippen molar-refractivity contribution in [2.75, 3.05) is 18.9 Å². The summed E-state index contributed by atoms with van der Waals surface area (Å²) in [7, 11) is -0.988. The number of carbonyl (C=O) groups excluding carboxylic acids is 1. The number of anilines is 1. The Morgan fingerprint density at radius 1 is 1.17 bits per heavy atom. The lowest BCUT2D eigenvalue weighted by Gasteiger charge is -2.12. The fraction of sp³-hybridized carbons (Fsp3) is 0.133. The van der Waals surface area contributed by atoms with E-state index in [0.717, 1.165) is 0 Å². The van der Waals surface area contributed by atoms with E-state index in [4.69, 9.17) is 16.3 Å². The molecule has 0 saturated carbocycles. The van der Waals surface area contributed by atoms with Crippen molar-refractivity contribution in [1.29, 1.82) is 0 Å². The highest BCUT2D eigenvalue weighted by molar-refractivity contribution is 7.92. The second-order valence-electron chi connectivity index (χ2n) is 4.53. The molecule has 0 spiro atoms. The predicted octanol–water partition coefficient (Wildman–Crippen LogP) is 2.51. The van der Waals surface area contributed by atoms with Gasteiger partial charge in [0, 0.05) is 7.05 Å². The molecule has 122 valence electrons. The molecule has 0 saturated heterocycles. The van der Waals surface area contributed by atoms with Crippen LogP contribution < -0.4 is 14.8 Å². The van der Waals surface area contributed by atoms with Gasteiger partial charge < -0.3 is 10.1 Å². The quantitative estimate of drug-likeness (QED) is 0.864. The molecule has 0 aliphatic carbocycles. The predicted molar refractivity (Wildman–Crippen MR) is 88.6 cm³/mol. The van der Waals surface area contributed by atoms with E-state index in [0.29, 0.717) is 5.75 Å². The average Bonchev–Trinajstić information content (AvgIpc) is 2.54. The standard InChI is InChI=1S/C15H15ClN2O4S/c1-17-15(19)11-5-3-4-6-13(11)18-23(20,21)10-7-8-14(22-2)12(16)9-10/h3-9,18H,1-2H3,(H,17,19). The van der Waals surface area contributed by atoms with Crippen LogP contribution in [-0.4, -0.2) is 28.5 Å². The van der Waals surface area contributed by atoms with Gasteiger partial charge in [-0.2, -0.15) is 0 Å². The Bertz CT molecular complexity index is 837. The Kier molecular flexibility index (Phi) is 5.12. The van der Waals surface area contributed by atoms with Crippen molar-refractivity contribution < 1.29 is 17.9 Å². The van der Waals surface area contributed by atoms with E-state index in [2.05, 4.69) is 10.0 Å². The maximum absolute atomic E-state index is 12.5. The third-order valence-corrected chi connectivity index (χ3v) is 4.74. The molecule has 0 aliphatic heterocycles. The number of benzene rings is 2. The first kappa shape index (κ1) is 17.1. The number of hydrogen-bond donors (Lipinski definition) is 2. The van der Waals surface area contributed by atoms with Gasteiger partial charge in [-0.3, -0.25) is 9.52 Å². The van der Waals surface area contributed by atoms with E-state index < -0.39 is 15.9 Å². The Labute approximate surface area is 139 Å². The van der Waals surface area contributed by atoms with Crippen LogP contribution in [0, 0.1) is 0 Å². The van der Waals surface area contributed by atoms with Crippen molar-refractivity contribution in [3.05, 3.63) is 53.1 Å². The van der Waals surface area contributed by atoms with Gasteiger partial charge in [0.1, 0.15) is 5.75 Å². The monoisotopic (exact) mass is 354 g/mol. The lowest BCUT2D eigenvalue weighted by molar-refractivity contribution is 0.0964. The smallest absolute Gasteiger partial charge is 0.261 e. The fourth-order valence-corrected chi connectivity index (χ4v) is 3.35. The molecule has 8 heteroatoms. The van der Waals surface area contributed by atoms with Crippen LogP contribution >= 0.6 is 11.6 Å². The minimum absolute atomic E-state index is 0.0324. The van der Waals surface area contributed by atoms with Gasteiger partial charge in [-0.05, 0) is 30.3 Å². The summed E-state index contributed by atoms with van der Waals surface area (Å²) < 4.78 is 32.3. The number of rotatable bonds is 5. The van der Waals surface area contributed by atoms with Gasteiger partial charge in [-0.25, -0.2) is 8.42 Å². The van der Waals surface area contributed by atoms with Crippen molar-refractivity contribution in [1.82, 2.24) is 5.32 Å². The van der Waals surface area contributed by atoms with Crippen molar-refractivity contribution in [3.63, 3.8) is 0 Å². The van der Waals surface area contributed by atoms with Crippen molar-refractivity contribution >= 4 is 33.2 Å². The number of methoxy groups -OCH3 is 1. The van der Waals surface area contributed by atoms with Crippen LogP contribution in [0.15, 0.2) is 47.4 Å². The first-order valence-corrected chi connectivity index (χ1v) is 8.42. The highest BCUT2D eigenvalue weighted by Gasteiger charge is 2.19. The average molecular weight is 355 g/mol. The Morgan fingerprint density at radius 3 is 2.48 bits per heavy atom. The molecule has 6 nitrogen and oxygen atoms in total. The van der Waals surface area contributed by atoms with Gasteiger partial charge in [0.05, 0.1) is 28.3 Å². The maximum atomic E-state index is 12.5. The first-order valence-electron chi connectivity index (χ1n) is 6.56. The van der Waals surface area contributed by atoms with Crippen LogP contribution in [0.4, 0.5) is 5.69 Å². The SMILES string of the molecule is CNC(=O)c1ccccc1NS(=O)(=O)c1ccc(OC)c(Cl)c1. The van der Waals surface area contributed by atoms with E-state index in [1.165, 1.54) is 44.5 Å². The molecule has 0 aromatic heterocycles. The molecule has 0 radical (unpaired) electrons. The zero-order valence-corrected chi connectivity index (χ0v) is 14.0. The molecule has 2 N–H and O–H groups in total. The van der Waals surface area contributed by atoms with E-state index >= 15 is 0 Å². The van der Waals surface area contributed by atoms with Crippen LogP contribution in [-0.2, 0) is 10.0 Å².